The summed E-state index contributed by atoms with van der Waals surface area (Å²) >= 11 is 6.19. The van der Waals surface area contributed by atoms with Gasteiger partial charge in [0, 0.05) is 31.8 Å². The predicted octanol–water partition coefficient (Wildman–Crippen LogP) is 3.30. The van der Waals surface area contributed by atoms with Gasteiger partial charge in [0.1, 0.15) is 0 Å². The van der Waals surface area contributed by atoms with Crippen LogP contribution < -0.4 is 10.6 Å². The molecule has 7 heteroatoms. The molecule has 2 rings (SSSR count). The van der Waals surface area contributed by atoms with E-state index < -0.39 is 0 Å². The fourth-order valence-electron chi connectivity index (χ4n) is 3.02. The highest BCUT2D eigenvalue weighted by Crippen LogP contribution is 2.26. The summed E-state index contributed by atoms with van der Waals surface area (Å²) in [6, 6.07) is 8.47. The Morgan fingerprint density at radius 1 is 1.32 bits per heavy atom. The molecular weight excluding hydrogens is 451 g/mol. The lowest BCUT2D eigenvalue weighted by Gasteiger charge is -2.29. The number of ether oxygens (including phenoxy) is 1. The van der Waals surface area contributed by atoms with Crippen molar-refractivity contribution in [3.63, 3.8) is 0 Å². The van der Waals surface area contributed by atoms with E-state index in [9.17, 15) is 0 Å². The van der Waals surface area contributed by atoms with Gasteiger partial charge in [0.2, 0.25) is 0 Å². The fourth-order valence-corrected chi connectivity index (χ4v) is 3.22. The number of rotatable bonds is 8. The summed E-state index contributed by atoms with van der Waals surface area (Å²) in [7, 11) is 1.79. The number of hydrogen-bond donors (Lipinski definition) is 2. The van der Waals surface area contributed by atoms with Crippen LogP contribution in [0.2, 0.25) is 5.02 Å². The Hall–Kier alpha value is -0.570. The van der Waals surface area contributed by atoms with Crippen LogP contribution in [0.3, 0.4) is 0 Å². The summed E-state index contributed by atoms with van der Waals surface area (Å²) < 4.78 is 5.35. The number of nitrogens with zero attached hydrogens (tertiary/aromatic N) is 2. The van der Waals surface area contributed by atoms with E-state index in [4.69, 9.17) is 16.3 Å². The summed E-state index contributed by atoms with van der Waals surface area (Å²) in [6.45, 7) is 7.23. The Kier molecular flexibility index (Phi) is 11.4. The third-order valence-electron chi connectivity index (χ3n) is 4.24. The van der Waals surface area contributed by atoms with Gasteiger partial charge in [-0.2, -0.15) is 0 Å². The van der Waals surface area contributed by atoms with Crippen molar-refractivity contribution in [1.29, 1.82) is 0 Å². The number of aliphatic imine (C=N–C) groups is 1. The highest BCUT2D eigenvalue weighted by atomic mass is 127. The van der Waals surface area contributed by atoms with Gasteiger partial charge < -0.3 is 15.4 Å². The van der Waals surface area contributed by atoms with Crippen LogP contribution in [0.1, 0.15) is 31.4 Å². The normalized spacial score (nSPS) is 16.4. The Bertz CT molecular complexity index is 524. The molecule has 2 N–H and O–H groups in total. The molecule has 1 atom stereocenters. The van der Waals surface area contributed by atoms with E-state index in [0.29, 0.717) is 12.6 Å². The number of hydrogen-bond acceptors (Lipinski definition) is 3. The third kappa shape index (κ3) is 7.68. The SMILES string of the molecule is CCOCCNC(=NC)NCC(c1cccc(Cl)c1)N1CCCC1.I. The van der Waals surface area contributed by atoms with Gasteiger partial charge in [0.15, 0.2) is 5.96 Å². The molecule has 0 amide bonds. The number of likely N-dealkylation sites (tertiary alicyclic amines) is 1. The molecule has 25 heavy (non-hydrogen) atoms. The van der Waals surface area contributed by atoms with E-state index in [0.717, 1.165) is 43.8 Å². The minimum atomic E-state index is 0. The molecule has 0 saturated carbocycles. The first-order valence-corrected chi connectivity index (χ1v) is 9.14. The molecule has 1 aliphatic rings. The van der Waals surface area contributed by atoms with Crippen molar-refractivity contribution in [2.24, 2.45) is 4.99 Å². The van der Waals surface area contributed by atoms with Gasteiger partial charge in [-0.1, -0.05) is 23.7 Å². The molecule has 0 radical (unpaired) electrons. The molecule has 1 saturated heterocycles. The zero-order chi connectivity index (χ0) is 17.2. The number of guanidine groups is 1. The lowest BCUT2D eigenvalue weighted by molar-refractivity contribution is 0.152. The molecule has 0 aliphatic carbocycles. The van der Waals surface area contributed by atoms with Crippen molar-refractivity contribution in [3.8, 4) is 0 Å². The summed E-state index contributed by atoms with van der Waals surface area (Å²) in [5, 5.41) is 7.51. The molecule has 1 unspecified atom stereocenters. The number of halogens is 2. The molecule has 142 valence electrons. The standard InChI is InChI=1S/C18H29ClN4O.HI/c1-3-24-12-9-21-18(20-2)22-14-17(23-10-4-5-11-23)15-7-6-8-16(19)13-15;/h6-8,13,17H,3-5,9-12,14H2,1-2H3,(H2,20,21,22);1H. The van der Waals surface area contributed by atoms with Crippen molar-refractivity contribution in [2.45, 2.75) is 25.8 Å². The molecular formula is C18H30ClIN4O. The second-order valence-electron chi connectivity index (χ2n) is 5.89. The van der Waals surface area contributed by atoms with E-state index in [2.05, 4.69) is 32.7 Å². The van der Waals surface area contributed by atoms with Crippen molar-refractivity contribution in [1.82, 2.24) is 15.5 Å². The van der Waals surface area contributed by atoms with Gasteiger partial charge in [-0.25, -0.2) is 0 Å². The summed E-state index contributed by atoms with van der Waals surface area (Å²) in [6.07, 6.45) is 2.52. The summed E-state index contributed by atoms with van der Waals surface area (Å²) in [5.41, 5.74) is 1.25. The van der Waals surface area contributed by atoms with Gasteiger partial charge in [0.25, 0.3) is 0 Å². The molecule has 1 fully saturated rings. The summed E-state index contributed by atoms with van der Waals surface area (Å²) in [4.78, 5) is 6.81. The maximum absolute atomic E-state index is 6.19. The van der Waals surface area contributed by atoms with Crippen LogP contribution in [-0.2, 0) is 4.74 Å². The third-order valence-corrected chi connectivity index (χ3v) is 4.48. The van der Waals surface area contributed by atoms with E-state index in [-0.39, 0.29) is 24.0 Å². The Balaban J connectivity index is 0.00000312. The van der Waals surface area contributed by atoms with Crippen molar-refractivity contribution in [3.05, 3.63) is 34.9 Å². The predicted molar refractivity (Wildman–Crippen MR) is 116 cm³/mol. The van der Waals surface area contributed by atoms with Crippen LogP contribution in [0.4, 0.5) is 0 Å². The minimum Gasteiger partial charge on any atom is -0.380 e. The minimum absolute atomic E-state index is 0. The van der Waals surface area contributed by atoms with E-state index in [1.165, 1.54) is 18.4 Å². The number of nitrogens with one attached hydrogen (secondary N) is 2. The van der Waals surface area contributed by atoms with Gasteiger partial charge >= 0.3 is 0 Å². The Morgan fingerprint density at radius 3 is 2.72 bits per heavy atom. The van der Waals surface area contributed by atoms with Gasteiger partial charge in [0.05, 0.1) is 12.6 Å². The van der Waals surface area contributed by atoms with E-state index >= 15 is 0 Å². The second-order valence-corrected chi connectivity index (χ2v) is 6.33. The smallest absolute Gasteiger partial charge is 0.191 e. The van der Waals surface area contributed by atoms with E-state index in [1.54, 1.807) is 7.05 Å². The zero-order valence-electron chi connectivity index (χ0n) is 15.1. The highest BCUT2D eigenvalue weighted by molar-refractivity contribution is 14.0. The Labute approximate surface area is 173 Å². The zero-order valence-corrected chi connectivity index (χ0v) is 18.2. The van der Waals surface area contributed by atoms with Crippen LogP contribution >= 0.6 is 35.6 Å². The van der Waals surface area contributed by atoms with Crippen LogP contribution in [0, 0.1) is 0 Å². The van der Waals surface area contributed by atoms with Gasteiger partial charge in [-0.3, -0.25) is 9.89 Å². The molecule has 0 spiro atoms. The topological polar surface area (TPSA) is 48.9 Å². The number of benzene rings is 1. The van der Waals surface area contributed by atoms with Gasteiger partial charge in [-0.05, 0) is 50.6 Å². The fraction of sp³-hybridized carbons (Fsp3) is 0.611. The first-order valence-electron chi connectivity index (χ1n) is 8.76. The van der Waals surface area contributed by atoms with Crippen LogP contribution in [-0.4, -0.2) is 57.3 Å². The van der Waals surface area contributed by atoms with Crippen molar-refractivity contribution in [2.75, 3.05) is 46.4 Å². The monoisotopic (exact) mass is 480 g/mol. The molecule has 1 aliphatic heterocycles. The Morgan fingerprint density at radius 2 is 2.08 bits per heavy atom. The maximum atomic E-state index is 6.19. The molecule has 0 bridgehead atoms. The van der Waals surface area contributed by atoms with Crippen molar-refractivity contribution >= 4 is 41.5 Å². The molecule has 0 aromatic heterocycles. The highest BCUT2D eigenvalue weighted by Gasteiger charge is 2.23. The van der Waals surface area contributed by atoms with Gasteiger partial charge in [-0.15, -0.1) is 24.0 Å². The molecule has 1 aromatic carbocycles. The maximum Gasteiger partial charge on any atom is 0.191 e. The lowest BCUT2D eigenvalue weighted by Crippen LogP contribution is -2.43. The first kappa shape index (κ1) is 22.5. The molecule has 1 aromatic rings. The molecule has 5 nitrogen and oxygen atoms in total. The summed E-state index contributed by atoms with van der Waals surface area (Å²) in [5.74, 6) is 0.806. The van der Waals surface area contributed by atoms with Crippen LogP contribution in [0.25, 0.3) is 0 Å². The molecule has 1 heterocycles. The largest absolute Gasteiger partial charge is 0.380 e. The lowest BCUT2D eigenvalue weighted by atomic mass is 10.1. The second kappa shape index (κ2) is 12.7. The van der Waals surface area contributed by atoms with E-state index in [1.807, 2.05) is 19.1 Å². The first-order chi connectivity index (χ1) is 11.7. The van der Waals surface area contributed by atoms with Crippen LogP contribution in [0.5, 0.6) is 0 Å². The average Bonchev–Trinajstić information content (AvgIpc) is 3.11. The quantitative estimate of drug-likeness (QED) is 0.259. The van der Waals surface area contributed by atoms with Crippen LogP contribution in [0.15, 0.2) is 29.3 Å². The van der Waals surface area contributed by atoms with Crippen molar-refractivity contribution < 1.29 is 4.74 Å². The average molecular weight is 481 g/mol.